The number of hydrogen-bond donors (Lipinski definition) is 2. The van der Waals surface area contributed by atoms with Crippen LogP contribution in [-0.2, 0) is 24.1 Å². The fourth-order valence-electron chi connectivity index (χ4n) is 2.77. The standard InChI is InChI=1S/C21H24N6OS4/c1-14(10-15-6-8-29-12-15)24-21-27-26-19(32-21)5-3-2-4-17(22)31-20(23)25-18(28)11-16-7-9-30-13-16/h6-9,12-13,22H,2-5,10-11H2,1H3,(H2,23,25,28). The summed E-state index contributed by atoms with van der Waals surface area (Å²) in [5.41, 5.74) is 9.02. The fourth-order valence-corrected chi connectivity index (χ4v) is 5.58. The van der Waals surface area contributed by atoms with Crippen molar-refractivity contribution in [3.63, 3.8) is 0 Å². The van der Waals surface area contributed by atoms with Crippen LogP contribution >= 0.6 is 45.8 Å². The molecular weight excluding hydrogens is 481 g/mol. The highest BCUT2D eigenvalue weighted by Crippen LogP contribution is 2.22. The van der Waals surface area contributed by atoms with Crippen LogP contribution in [0.4, 0.5) is 5.13 Å². The maximum atomic E-state index is 11.9. The zero-order chi connectivity index (χ0) is 22.8. The smallest absolute Gasteiger partial charge is 0.252 e. The number of aromatic nitrogens is 2. The van der Waals surface area contributed by atoms with E-state index >= 15 is 0 Å². The fraction of sp³-hybridized carbons (Fsp3) is 0.333. The quantitative estimate of drug-likeness (QED) is 0.215. The Morgan fingerprint density at radius 1 is 1.12 bits per heavy atom. The number of nitrogens with two attached hydrogens (primary N) is 1. The molecule has 0 aliphatic rings. The number of thioether (sulfide) groups is 1. The molecule has 7 nitrogen and oxygen atoms in total. The van der Waals surface area contributed by atoms with Crippen LogP contribution in [0, 0.1) is 5.41 Å². The number of rotatable bonds is 10. The SMILES string of the molecule is CC(Cc1ccsc1)=Nc1nnc(CCCCC(=N)SC(N)=NC(=O)Cc2ccsc2)s1. The van der Waals surface area contributed by atoms with E-state index in [1.54, 1.807) is 11.3 Å². The molecule has 0 saturated heterocycles. The van der Waals surface area contributed by atoms with E-state index in [4.69, 9.17) is 11.1 Å². The molecule has 32 heavy (non-hydrogen) atoms. The van der Waals surface area contributed by atoms with Gasteiger partial charge in [0.2, 0.25) is 5.13 Å². The van der Waals surface area contributed by atoms with Gasteiger partial charge in [0, 0.05) is 18.6 Å². The van der Waals surface area contributed by atoms with E-state index < -0.39 is 0 Å². The molecule has 0 spiro atoms. The largest absolute Gasteiger partial charge is 0.378 e. The maximum Gasteiger partial charge on any atom is 0.252 e. The van der Waals surface area contributed by atoms with Gasteiger partial charge in [-0.1, -0.05) is 11.3 Å². The Balaban J connectivity index is 1.34. The van der Waals surface area contributed by atoms with Gasteiger partial charge in [-0.05, 0) is 82.7 Å². The van der Waals surface area contributed by atoms with E-state index in [1.807, 2.05) is 23.8 Å². The highest BCUT2D eigenvalue weighted by molar-refractivity contribution is 8.26. The van der Waals surface area contributed by atoms with Crippen LogP contribution in [0.5, 0.6) is 0 Å². The van der Waals surface area contributed by atoms with E-state index in [1.165, 1.54) is 28.2 Å². The Labute approximate surface area is 203 Å². The first-order valence-electron chi connectivity index (χ1n) is 9.99. The molecule has 0 aliphatic carbocycles. The Kier molecular flexibility index (Phi) is 9.72. The molecular formula is C21H24N6OS4. The van der Waals surface area contributed by atoms with Gasteiger partial charge in [-0.15, -0.1) is 10.2 Å². The van der Waals surface area contributed by atoms with Gasteiger partial charge in [-0.25, -0.2) is 4.99 Å². The molecule has 3 rings (SSSR count). The van der Waals surface area contributed by atoms with Gasteiger partial charge < -0.3 is 5.73 Å². The van der Waals surface area contributed by atoms with Crippen molar-refractivity contribution in [3.8, 4) is 0 Å². The number of carbonyl (C=O) groups is 1. The van der Waals surface area contributed by atoms with E-state index in [9.17, 15) is 4.79 Å². The molecule has 3 heterocycles. The summed E-state index contributed by atoms with van der Waals surface area (Å²) >= 11 is 5.78. The average molecular weight is 505 g/mol. The number of unbranched alkanes of at least 4 members (excludes halogenated alkanes) is 1. The zero-order valence-electron chi connectivity index (χ0n) is 17.6. The summed E-state index contributed by atoms with van der Waals surface area (Å²) in [6.07, 6.45) is 4.17. The predicted molar refractivity (Wildman–Crippen MR) is 138 cm³/mol. The summed E-state index contributed by atoms with van der Waals surface area (Å²) in [5.74, 6) is -0.290. The average Bonchev–Trinajstić information content (AvgIpc) is 3.49. The number of hydrogen-bond acceptors (Lipinski definition) is 9. The molecule has 0 bridgehead atoms. The molecule has 0 unspecified atom stereocenters. The number of nitrogens with zero attached hydrogens (tertiary/aromatic N) is 4. The topological polar surface area (TPSA) is 117 Å². The minimum absolute atomic E-state index is 0.125. The maximum absolute atomic E-state index is 11.9. The predicted octanol–water partition coefficient (Wildman–Crippen LogP) is 5.50. The summed E-state index contributed by atoms with van der Waals surface area (Å²) in [4.78, 5) is 20.3. The normalized spacial score (nSPS) is 12.3. The third-order valence-electron chi connectivity index (χ3n) is 4.23. The van der Waals surface area contributed by atoms with Gasteiger partial charge in [0.15, 0.2) is 5.17 Å². The van der Waals surface area contributed by atoms with Crippen LogP contribution < -0.4 is 5.73 Å². The van der Waals surface area contributed by atoms with Crippen LogP contribution in [0.3, 0.4) is 0 Å². The van der Waals surface area contributed by atoms with Gasteiger partial charge >= 0.3 is 0 Å². The molecule has 1 amide bonds. The molecule has 11 heteroatoms. The van der Waals surface area contributed by atoms with Crippen molar-refractivity contribution in [1.29, 1.82) is 5.41 Å². The minimum Gasteiger partial charge on any atom is -0.378 e. The van der Waals surface area contributed by atoms with Crippen LogP contribution in [0.25, 0.3) is 0 Å². The minimum atomic E-state index is -0.290. The molecule has 0 fully saturated rings. The number of amidine groups is 1. The summed E-state index contributed by atoms with van der Waals surface area (Å²) in [7, 11) is 0. The van der Waals surface area contributed by atoms with Crippen molar-refractivity contribution >= 4 is 72.7 Å². The first kappa shape index (κ1) is 24.4. The number of amides is 1. The second-order valence-electron chi connectivity index (χ2n) is 7.02. The molecule has 0 aromatic carbocycles. The Morgan fingerprint density at radius 2 is 1.84 bits per heavy atom. The monoisotopic (exact) mass is 504 g/mol. The Hall–Kier alpha value is -2.21. The van der Waals surface area contributed by atoms with Crippen LogP contribution in [0.1, 0.15) is 42.3 Å². The van der Waals surface area contributed by atoms with Crippen molar-refractivity contribution in [2.24, 2.45) is 15.7 Å². The lowest BCUT2D eigenvalue weighted by Crippen LogP contribution is -2.13. The number of nitrogens with one attached hydrogen (secondary N) is 1. The molecule has 0 saturated carbocycles. The van der Waals surface area contributed by atoms with E-state index in [0.29, 0.717) is 16.6 Å². The molecule has 168 valence electrons. The van der Waals surface area contributed by atoms with E-state index in [0.717, 1.165) is 53.7 Å². The highest BCUT2D eigenvalue weighted by atomic mass is 32.2. The number of thiophene rings is 2. The second kappa shape index (κ2) is 12.7. The van der Waals surface area contributed by atoms with Crippen molar-refractivity contribution in [3.05, 3.63) is 49.8 Å². The van der Waals surface area contributed by atoms with E-state index in [-0.39, 0.29) is 17.5 Å². The third kappa shape index (κ3) is 8.73. The number of carbonyl (C=O) groups excluding carboxylic acids is 1. The van der Waals surface area contributed by atoms with E-state index in [2.05, 4.69) is 37.0 Å². The lowest BCUT2D eigenvalue weighted by Gasteiger charge is -2.02. The Bertz CT molecular complexity index is 1070. The summed E-state index contributed by atoms with van der Waals surface area (Å²) in [6.45, 7) is 2.01. The highest BCUT2D eigenvalue weighted by Gasteiger charge is 2.08. The second-order valence-corrected chi connectivity index (χ2v) is 10.7. The van der Waals surface area contributed by atoms with Crippen molar-refractivity contribution in [1.82, 2.24) is 10.2 Å². The third-order valence-corrected chi connectivity index (χ3v) is 7.32. The van der Waals surface area contributed by atoms with Crippen LogP contribution in [-0.4, -0.2) is 32.0 Å². The zero-order valence-corrected chi connectivity index (χ0v) is 20.9. The summed E-state index contributed by atoms with van der Waals surface area (Å²) in [5, 5.41) is 26.6. The summed E-state index contributed by atoms with van der Waals surface area (Å²) < 4.78 is 0. The molecule has 0 atom stereocenters. The summed E-state index contributed by atoms with van der Waals surface area (Å²) in [6, 6.07) is 4.00. The first-order chi connectivity index (χ1) is 15.5. The van der Waals surface area contributed by atoms with Crippen LogP contribution in [0.15, 0.2) is 43.6 Å². The van der Waals surface area contributed by atoms with Gasteiger partial charge in [-0.2, -0.15) is 27.7 Å². The molecule has 0 radical (unpaired) electrons. The molecule has 3 N–H and O–H groups in total. The van der Waals surface area contributed by atoms with Gasteiger partial charge in [0.25, 0.3) is 5.91 Å². The first-order valence-corrected chi connectivity index (χ1v) is 13.5. The van der Waals surface area contributed by atoms with Crippen LogP contribution in [0.2, 0.25) is 0 Å². The van der Waals surface area contributed by atoms with Gasteiger partial charge in [-0.3, -0.25) is 10.2 Å². The number of aliphatic imine (C=N–C) groups is 2. The number of aryl methyl sites for hydroxylation is 1. The molecule has 3 aromatic heterocycles. The van der Waals surface area contributed by atoms with Crippen molar-refractivity contribution < 1.29 is 4.79 Å². The van der Waals surface area contributed by atoms with Crippen molar-refractivity contribution in [2.75, 3.05) is 0 Å². The lowest BCUT2D eigenvalue weighted by atomic mass is 10.2. The van der Waals surface area contributed by atoms with Gasteiger partial charge in [0.05, 0.1) is 11.5 Å². The molecule has 0 aliphatic heterocycles. The Morgan fingerprint density at radius 3 is 2.53 bits per heavy atom. The lowest BCUT2D eigenvalue weighted by molar-refractivity contribution is -0.117. The molecule has 3 aromatic rings. The van der Waals surface area contributed by atoms with Gasteiger partial charge in [0.1, 0.15) is 5.01 Å². The van der Waals surface area contributed by atoms with Crippen molar-refractivity contribution in [2.45, 2.75) is 45.4 Å².